The van der Waals surface area contributed by atoms with E-state index in [0.29, 0.717) is 17.4 Å². The molecule has 12 heteroatoms. The van der Waals surface area contributed by atoms with Crippen LogP contribution in [0.15, 0.2) is 34.5 Å². The topological polar surface area (TPSA) is 98.8 Å². The lowest BCUT2D eigenvalue weighted by atomic mass is 10.2. The first-order valence-corrected chi connectivity index (χ1v) is 9.35. The maximum Gasteiger partial charge on any atom is 0.416 e. The summed E-state index contributed by atoms with van der Waals surface area (Å²) in [6.07, 6.45) is -4.73. The molecule has 0 saturated carbocycles. The minimum absolute atomic E-state index is 0.217. The Kier molecular flexibility index (Phi) is 5.80. The Morgan fingerprint density at radius 3 is 2.30 bits per heavy atom. The van der Waals surface area contributed by atoms with E-state index >= 15 is 0 Å². The fraction of sp³-hybridized carbons (Fsp3) is 0.200. The minimum atomic E-state index is -4.73. The van der Waals surface area contributed by atoms with E-state index in [9.17, 15) is 31.2 Å². The molecule has 0 atom stereocenters. The number of nitrogens with one attached hydrogen (secondary N) is 1. The van der Waals surface area contributed by atoms with Gasteiger partial charge in [0, 0.05) is 5.38 Å². The van der Waals surface area contributed by atoms with Gasteiger partial charge in [-0.1, -0.05) is 6.07 Å². The summed E-state index contributed by atoms with van der Waals surface area (Å²) < 4.78 is 74.4. The van der Waals surface area contributed by atoms with Gasteiger partial charge >= 0.3 is 18.1 Å². The average Bonchev–Trinajstić information content (AvgIpc) is 3.02. The highest BCUT2D eigenvalue weighted by atomic mass is 32.2. The number of rotatable bonds is 5. The number of sulfonamides is 1. The second-order valence-electron chi connectivity index (χ2n) is 4.97. The van der Waals surface area contributed by atoms with Crippen molar-refractivity contribution in [1.29, 1.82) is 0 Å². The number of hydrogen-bond donors (Lipinski definition) is 1. The molecule has 0 bridgehead atoms. The van der Waals surface area contributed by atoms with Crippen LogP contribution in [0, 0.1) is 0 Å². The number of methoxy groups -OCH3 is 2. The van der Waals surface area contributed by atoms with Crippen LogP contribution in [0.2, 0.25) is 0 Å². The molecule has 0 aliphatic carbocycles. The van der Waals surface area contributed by atoms with Gasteiger partial charge < -0.3 is 9.47 Å². The van der Waals surface area contributed by atoms with Gasteiger partial charge in [0.15, 0.2) is 0 Å². The number of esters is 2. The molecule has 0 amide bonds. The maximum atomic E-state index is 12.8. The van der Waals surface area contributed by atoms with Gasteiger partial charge in [-0.3, -0.25) is 4.72 Å². The third kappa shape index (κ3) is 4.39. The van der Waals surface area contributed by atoms with Crippen molar-refractivity contribution in [2.75, 3.05) is 18.9 Å². The zero-order valence-corrected chi connectivity index (χ0v) is 15.4. The Balaban J connectivity index is 2.49. The van der Waals surface area contributed by atoms with Gasteiger partial charge in [0.2, 0.25) is 0 Å². The molecule has 0 unspecified atom stereocenters. The largest absolute Gasteiger partial charge is 0.465 e. The molecule has 1 N–H and O–H groups in total. The first-order chi connectivity index (χ1) is 12.5. The maximum absolute atomic E-state index is 12.8. The SMILES string of the molecule is COC(=O)c1scc(NS(=O)(=O)c2cccc(C(F)(F)F)c2)c1C(=O)OC. The molecule has 7 nitrogen and oxygen atoms in total. The van der Waals surface area contributed by atoms with Gasteiger partial charge in [-0.05, 0) is 18.2 Å². The monoisotopic (exact) mass is 423 g/mol. The van der Waals surface area contributed by atoms with Crippen LogP contribution in [0.3, 0.4) is 0 Å². The molecule has 2 rings (SSSR count). The van der Waals surface area contributed by atoms with Crippen LogP contribution >= 0.6 is 11.3 Å². The lowest BCUT2D eigenvalue weighted by molar-refractivity contribution is -0.137. The van der Waals surface area contributed by atoms with Gasteiger partial charge in [0.25, 0.3) is 10.0 Å². The molecule has 0 aliphatic heterocycles. The molecule has 1 aromatic carbocycles. The fourth-order valence-corrected chi connectivity index (χ4v) is 4.11. The number of benzene rings is 1. The predicted octanol–water partition coefficient (Wildman–Crippen LogP) is 3.14. The minimum Gasteiger partial charge on any atom is -0.465 e. The molecule has 0 spiro atoms. The van der Waals surface area contributed by atoms with Gasteiger partial charge in [0.1, 0.15) is 10.4 Å². The van der Waals surface area contributed by atoms with E-state index in [1.165, 1.54) is 0 Å². The van der Waals surface area contributed by atoms with Crippen molar-refractivity contribution in [2.45, 2.75) is 11.1 Å². The summed E-state index contributed by atoms with van der Waals surface area (Å²) in [5.41, 5.74) is -1.87. The number of hydrogen-bond acceptors (Lipinski definition) is 7. The van der Waals surface area contributed by atoms with Crippen LogP contribution in [0.5, 0.6) is 0 Å². The first kappa shape index (κ1) is 20.7. The third-order valence-corrected chi connectivity index (χ3v) is 5.59. The molecule has 0 saturated heterocycles. The highest BCUT2D eigenvalue weighted by molar-refractivity contribution is 7.92. The summed E-state index contributed by atoms with van der Waals surface area (Å²) in [7, 11) is -2.40. The van der Waals surface area contributed by atoms with Gasteiger partial charge in [-0.15, -0.1) is 11.3 Å². The number of anilines is 1. The van der Waals surface area contributed by atoms with Crippen molar-refractivity contribution >= 4 is 39.0 Å². The van der Waals surface area contributed by atoms with E-state index in [1.54, 1.807) is 0 Å². The van der Waals surface area contributed by atoms with Crippen molar-refractivity contribution in [3.63, 3.8) is 0 Å². The molecule has 2 aromatic rings. The fourth-order valence-electron chi connectivity index (χ4n) is 2.02. The van der Waals surface area contributed by atoms with Crippen molar-refractivity contribution in [3.8, 4) is 0 Å². The third-order valence-electron chi connectivity index (χ3n) is 3.27. The van der Waals surface area contributed by atoms with Crippen LogP contribution < -0.4 is 4.72 Å². The van der Waals surface area contributed by atoms with E-state index in [-0.39, 0.29) is 10.6 Å². The summed E-state index contributed by atoms with van der Waals surface area (Å²) in [5.74, 6) is -1.91. The van der Waals surface area contributed by atoms with Crippen LogP contribution in [0.4, 0.5) is 18.9 Å². The van der Waals surface area contributed by atoms with Crippen LogP contribution in [0.25, 0.3) is 0 Å². The second kappa shape index (κ2) is 7.56. The number of ether oxygens (including phenoxy) is 2. The van der Waals surface area contributed by atoms with Crippen LogP contribution in [-0.2, 0) is 25.7 Å². The van der Waals surface area contributed by atoms with E-state index in [4.69, 9.17) is 0 Å². The Morgan fingerprint density at radius 2 is 1.74 bits per heavy atom. The molecule has 1 aromatic heterocycles. The smallest absolute Gasteiger partial charge is 0.416 e. The second-order valence-corrected chi connectivity index (χ2v) is 7.53. The number of carbonyl (C=O) groups is 2. The van der Waals surface area contributed by atoms with Crippen molar-refractivity contribution in [3.05, 3.63) is 45.6 Å². The molecular formula is C15H12F3NO6S2. The zero-order valence-electron chi connectivity index (χ0n) is 13.8. The molecule has 27 heavy (non-hydrogen) atoms. The standard InChI is InChI=1S/C15H12F3NO6S2/c1-24-13(20)11-10(7-26-12(11)14(21)25-2)19-27(22,23)9-5-3-4-8(6-9)15(16,17)18/h3-7,19H,1-2H3. The van der Waals surface area contributed by atoms with Crippen LogP contribution in [-0.4, -0.2) is 34.6 Å². The van der Waals surface area contributed by atoms with E-state index in [0.717, 1.165) is 37.8 Å². The van der Waals surface area contributed by atoms with E-state index in [2.05, 4.69) is 9.47 Å². The highest BCUT2D eigenvalue weighted by Gasteiger charge is 2.32. The lowest BCUT2D eigenvalue weighted by Gasteiger charge is -2.11. The lowest BCUT2D eigenvalue weighted by Crippen LogP contribution is -2.17. The molecule has 1 heterocycles. The molecule has 0 fully saturated rings. The Morgan fingerprint density at radius 1 is 1.11 bits per heavy atom. The Hall–Kier alpha value is -2.60. The summed E-state index contributed by atoms with van der Waals surface area (Å²) in [6.45, 7) is 0. The molecule has 0 aliphatic rings. The average molecular weight is 423 g/mol. The first-order valence-electron chi connectivity index (χ1n) is 6.99. The number of carbonyl (C=O) groups excluding carboxylic acids is 2. The van der Waals surface area contributed by atoms with Crippen molar-refractivity contribution in [2.24, 2.45) is 0 Å². The van der Waals surface area contributed by atoms with E-state index in [1.807, 2.05) is 4.72 Å². The number of alkyl halides is 3. The Labute approximate surface area is 155 Å². The highest BCUT2D eigenvalue weighted by Crippen LogP contribution is 2.33. The summed E-state index contributed by atoms with van der Waals surface area (Å²) in [5, 5.41) is 1.14. The molecule has 0 radical (unpaired) electrons. The zero-order chi connectivity index (χ0) is 20.4. The van der Waals surface area contributed by atoms with E-state index < -0.39 is 44.2 Å². The normalized spacial score (nSPS) is 11.7. The predicted molar refractivity (Wildman–Crippen MR) is 89.3 cm³/mol. The summed E-state index contributed by atoms with van der Waals surface area (Å²) in [4.78, 5) is 22.8. The van der Waals surface area contributed by atoms with Gasteiger partial charge in [-0.2, -0.15) is 13.2 Å². The number of thiophene rings is 1. The molecular weight excluding hydrogens is 411 g/mol. The van der Waals surface area contributed by atoms with Gasteiger partial charge in [0.05, 0.1) is 30.4 Å². The van der Waals surface area contributed by atoms with Crippen molar-refractivity contribution < 1.29 is 40.7 Å². The summed E-state index contributed by atoms with van der Waals surface area (Å²) >= 11 is 0.714. The van der Waals surface area contributed by atoms with Crippen LogP contribution in [0.1, 0.15) is 25.6 Å². The number of halogens is 3. The van der Waals surface area contributed by atoms with Gasteiger partial charge in [-0.25, -0.2) is 18.0 Å². The quantitative estimate of drug-likeness (QED) is 0.742. The summed E-state index contributed by atoms with van der Waals surface area (Å²) in [6, 6.07) is 3.07. The Bertz CT molecular complexity index is 982. The van der Waals surface area contributed by atoms with Crippen molar-refractivity contribution in [1.82, 2.24) is 0 Å². The molecule has 146 valence electrons.